The van der Waals surface area contributed by atoms with E-state index in [0.717, 1.165) is 32.7 Å². The number of halogens is 4. The first kappa shape index (κ1) is 22.1. The fraction of sp³-hybridized carbons (Fsp3) is 0.409. The molecule has 2 aromatic carbocycles. The van der Waals surface area contributed by atoms with E-state index < -0.39 is 35.0 Å². The first-order valence-electron chi connectivity index (χ1n) is 10.1. The molecule has 0 bridgehead atoms. The number of rotatable bonds is 4. The lowest BCUT2D eigenvalue weighted by Crippen LogP contribution is -2.53. The largest absolute Gasteiger partial charge is 0.390 e. The molecule has 5 nitrogen and oxygen atoms in total. The van der Waals surface area contributed by atoms with E-state index in [1.165, 1.54) is 10.5 Å². The summed E-state index contributed by atoms with van der Waals surface area (Å²) < 4.78 is 40.6. The molecule has 2 heterocycles. The summed E-state index contributed by atoms with van der Waals surface area (Å²) >= 11 is 5.93. The first-order chi connectivity index (χ1) is 14.8. The van der Waals surface area contributed by atoms with Crippen LogP contribution in [0.15, 0.2) is 36.4 Å². The Kier molecular flexibility index (Phi) is 6.52. The zero-order valence-electron chi connectivity index (χ0n) is 16.8. The van der Waals surface area contributed by atoms with Gasteiger partial charge in [-0.05, 0) is 23.8 Å². The topological polar surface area (TPSA) is 47.0 Å². The van der Waals surface area contributed by atoms with Gasteiger partial charge < -0.3 is 10.0 Å². The number of likely N-dealkylation sites (tertiary alicyclic amines) is 1. The highest BCUT2D eigenvalue weighted by Crippen LogP contribution is 2.23. The normalized spacial score (nSPS) is 22.8. The number of aliphatic hydroxyl groups excluding tert-OH is 1. The monoisotopic (exact) mass is 453 g/mol. The minimum Gasteiger partial charge on any atom is -0.390 e. The fourth-order valence-electron chi connectivity index (χ4n) is 4.25. The molecule has 166 valence electrons. The van der Waals surface area contributed by atoms with Gasteiger partial charge in [-0.3, -0.25) is 14.6 Å². The van der Waals surface area contributed by atoms with Crippen LogP contribution in [0.1, 0.15) is 15.9 Å². The Bertz CT molecular complexity index is 952. The standard InChI is InChI=1S/C22H23ClF3N3O2/c23-15-3-1-14(2-4-15)11-27-5-7-28(8-6-27)20-12-29(13-21(20)30)22(31)16-9-18(25)19(26)10-17(16)24/h1-4,9-10,20-21,30H,5-8,11-13H2/t20-,21-/m1/s1. The Labute approximate surface area is 183 Å². The van der Waals surface area contributed by atoms with Gasteiger partial charge in [0.2, 0.25) is 0 Å². The van der Waals surface area contributed by atoms with E-state index in [2.05, 4.69) is 9.80 Å². The predicted molar refractivity (Wildman–Crippen MR) is 110 cm³/mol. The average molecular weight is 454 g/mol. The molecule has 0 aliphatic carbocycles. The molecule has 0 radical (unpaired) electrons. The average Bonchev–Trinajstić information content (AvgIpc) is 3.14. The molecule has 1 N–H and O–H groups in total. The van der Waals surface area contributed by atoms with Crippen molar-refractivity contribution < 1.29 is 23.1 Å². The minimum atomic E-state index is -1.34. The molecule has 2 aliphatic rings. The number of carbonyl (C=O) groups is 1. The summed E-state index contributed by atoms with van der Waals surface area (Å²) in [7, 11) is 0. The van der Waals surface area contributed by atoms with Crippen LogP contribution in [-0.4, -0.2) is 77.1 Å². The van der Waals surface area contributed by atoms with Gasteiger partial charge in [0.1, 0.15) is 5.82 Å². The minimum absolute atomic E-state index is 0.0208. The van der Waals surface area contributed by atoms with Crippen molar-refractivity contribution in [1.82, 2.24) is 14.7 Å². The molecule has 9 heteroatoms. The molecule has 4 rings (SSSR count). The van der Waals surface area contributed by atoms with E-state index in [0.29, 0.717) is 17.2 Å². The van der Waals surface area contributed by atoms with E-state index >= 15 is 0 Å². The first-order valence-corrected chi connectivity index (χ1v) is 10.5. The van der Waals surface area contributed by atoms with Crippen molar-refractivity contribution in [2.45, 2.75) is 18.7 Å². The van der Waals surface area contributed by atoms with Crippen LogP contribution in [0.2, 0.25) is 5.02 Å². The molecule has 1 amide bonds. The predicted octanol–water partition coefficient (Wildman–Crippen LogP) is 2.76. The Morgan fingerprint density at radius 3 is 2.29 bits per heavy atom. The maximum Gasteiger partial charge on any atom is 0.257 e. The van der Waals surface area contributed by atoms with Gasteiger partial charge in [-0.2, -0.15) is 0 Å². The van der Waals surface area contributed by atoms with Crippen LogP contribution < -0.4 is 0 Å². The van der Waals surface area contributed by atoms with Crippen LogP contribution in [0.25, 0.3) is 0 Å². The van der Waals surface area contributed by atoms with Gasteiger partial charge in [-0.1, -0.05) is 23.7 Å². The lowest BCUT2D eigenvalue weighted by atomic mass is 10.1. The van der Waals surface area contributed by atoms with Crippen molar-refractivity contribution in [3.8, 4) is 0 Å². The van der Waals surface area contributed by atoms with Crippen molar-refractivity contribution in [3.63, 3.8) is 0 Å². The van der Waals surface area contributed by atoms with Crippen LogP contribution in [0, 0.1) is 17.5 Å². The lowest BCUT2D eigenvalue weighted by molar-refractivity contribution is 0.0423. The lowest BCUT2D eigenvalue weighted by Gasteiger charge is -2.38. The Morgan fingerprint density at radius 1 is 0.968 bits per heavy atom. The molecule has 2 aliphatic heterocycles. The van der Waals surface area contributed by atoms with Gasteiger partial charge in [-0.25, -0.2) is 13.2 Å². The van der Waals surface area contributed by atoms with Crippen molar-refractivity contribution in [2.75, 3.05) is 39.3 Å². The fourth-order valence-corrected chi connectivity index (χ4v) is 4.38. The maximum atomic E-state index is 14.0. The van der Waals surface area contributed by atoms with E-state index in [1.54, 1.807) is 0 Å². The van der Waals surface area contributed by atoms with Crippen LogP contribution in [0.5, 0.6) is 0 Å². The molecule has 31 heavy (non-hydrogen) atoms. The third-order valence-corrected chi connectivity index (χ3v) is 6.23. The number of β-amino-alcohol motifs (C(OH)–C–C–N with tert-alkyl or cyclic N) is 1. The summed E-state index contributed by atoms with van der Waals surface area (Å²) in [5.41, 5.74) is 0.642. The number of nitrogens with zero attached hydrogens (tertiary/aromatic N) is 3. The number of benzene rings is 2. The van der Waals surface area contributed by atoms with Crippen LogP contribution in [0.3, 0.4) is 0 Å². The molecular weight excluding hydrogens is 431 g/mol. The molecule has 0 unspecified atom stereocenters. The van der Waals surface area contributed by atoms with Crippen LogP contribution in [-0.2, 0) is 6.54 Å². The number of piperazine rings is 1. The molecule has 2 atom stereocenters. The van der Waals surface area contributed by atoms with Gasteiger partial charge in [-0.15, -0.1) is 0 Å². The van der Waals surface area contributed by atoms with Gasteiger partial charge in [0, 0.05) is 56.9 Å². The molecule has 0 aromatic heterocycles. The van der Waals surface area contributed by atoms with Gasteiger partial charge in [0.05, 0.1) is 17.7 Å². The molecular formula is C22H23ClF3N3O2. The summed E-state index contributed by atoms with van der Waals surface area (Å²) in [5.74, 6) is -4.49. The van der Waals surface area contributed by atoms with Gasteiger partial charge in [0.15, 0.2) is 11.6 Å². The smallest absolute Gasteiger partial charge is 0.257 e. The molecule has 2 fully saturated rings. The highest BCUT2D eigenvalue weighted by atomic mass is 35.5. The second-order valence-electron chi connectivity index (χ2n) is 8.03. The number of hydrogen-bond donors (Lipinski definition) is 1. The second-order valence-corrected chi connectivity index (χ2v) is 8.47. The maximum absolute atomic E-state index is 14.0. The van der Waals surface area contributed by atoms with E-state index in [4.69, 9.17) is 11.6 Å². The van der Waals surface area contributed by atoms with E-state index in [9.17, 15) is 23.1 Å². The Balaban J connectivity index is 1.35. The zero-order chi connectivity index (χ0) is 22.1. The zero-order valence-corrected chi connectivity index (χ0v) is 17.5. The second kappa shape index (κ2) is 9.16. The molecule has 2 saturated heterocycles. The Morgan fingerprint density at radius 2 is 1.61 bits per heavy atom. The molecule has 0 saturated carbocycles. The molecule has 0 spiro atoms. The SMILES string of the molecule is O=C(c1cc(F)c(F)cc1F)N1C[C@@H](O)[C@H](N2CCN(Cc3ccc(Cl)cc3)CC2)C1. The summed E-state index contributed by atoms with van der Waals surface area (Å²) in [6.07, 6.45) is -0.792. The number of hydrogen-bond acceptors (Lipinski definition) is 4. The quantitative estimate of drug-likeness (QED) is 0.723. The van der Waals surface area contributed by atoms with Crippen molar-refractivity contribution in [2.24, 2.45) is 0 Å². The highest BCUT2D eigenvalue weighted by Gasteiger charge is 2.39. The van der Waals surface area contributed by atoms with Gasteiger partial charge >= 0.3 is 0 Å². The van der Waals surface area contributed by atoms with Crippen molar-refractivity contribution in [3.05, 3.63) is 70.0 Å². The van der Waals surface area contributed by atoms with Gasteiger partial charge in [0.25, 0.3) is 5.91 Å². The number of amides is 1. The summed E-state index contributed by atoms with van der Waals surface area (Å²) in [6, 6.07) is 8.38. The van der Waals surface area contributed by atoms with Crippen LogP contribution >= 0.6 is 11.6 Å². The summed E-state index contributed by atoms with van der Waals surface area (Å²) in [4.78, 5) is 18.4. The Hall–Kier alpha value is -2.13. The van der Waals surface area contributed by atoms with E-state index in [-0.39, 0.29) is 19.1 Å². The summed E-state index contributed by atoms with van der Waals surface area (Å²) in [6.45, 7) is 4.07. The van der Waals surface area contributed by atoms with Crippen molar-refractivity contribution in [1.29, 1.82) is 0 Å². The highest BCUT2D eigenvalue weighted by molar-refractivity contribution is 6.30. The van der Waals surface area contributed by atoms with E-state index in [1.807, 2.05) is 24.3 Å². The summed E-state index contributed by atoms with van der Waals surface area (Å²) in [5, 5.41) is 11.2. The molecule has 2 aromatic rings. The third-order valence-electron chi connectivity index (χ3n) is 5.98. The third kappa shape index (κ3) is 4.87. The number of aliphatic hydroxyl groups is 1. The van der Waals surface area contributed by atoms with Crippen molar-refractivity contribution >= 4 is 17.5 Å². The van der Waals surface area contributed by atoms with Crippen LogP contribution in [0.4, 0.5) is 13.2 Å². The number of carbonyl (C=O) groups excluding carboxylic acids is 1.